The summed E-state index contributed by atoms with van der Waals surface area (Å²) in [5.74, 6) is -31.2. The van der Waals surface area contributed by atoms with Crippen LogP contribution in [0, 0.1) is 46.5 Å². The molecular weight excluding hydrogens is 2150 g/mol. The predicted octanol–water partition coefficient (Wildman–Crippen LogP) is 13.8. The van der Waals surface area contributed by atoms with E-state index in [1.54, 1.807) is 42.5 Å². The van der Waals surface area contributed by atoms with E-state index in [2.05, 4.69) is 56.3 Å². The van der Waals surface area contributed by atoms with Crippen LogP contribution in [0.4, 0.5) is 87.8 Å². The molecule has 137 heavy (non-hydrogen) atoms. The van der Waals surface area contributed by atoms with E-state index in [4.69, 9.17) is 43.6 Å². The normalized spacial score (nSPS) is 15.9. The molecule has 0 saturated carbocycles. The van der Waals surface area contributed by atoms with Crippen molar-refractivity contribution in [2.45, 2.75) is 79.3 Å². The number of aromatic hydroxyl groups is 1. The van der Waals surface area contributed by atoms with Crippen molar-refractivity contribution in [3.63, 3.8) is 0 Å². The molecule has 13 aromatic rings. The third kappa shape index (κ3) is 27.7. The van der Waals surface area contributed by atoms with Crippen LogP contribution < -0.4 is 122 Å². The maximum Gasteiger partial charge on any atom is 1.00 e. The predicted molar refractivity (Wildman–Crippen MR) is 441 cm³/mol. The number of epoxide rings is 3. The molecule has 2 N–H and O–H groups in total. The van der Waals surface area contributed by atoms with Gasteiger partial charge in [0.25, 0.3) is 6.47 Å². The van der Waals surface area contributed by atoms with Crippen LogP contribution in [0.25, 0.3) is 0 Å². The number of aromatic nitrogens is 8. The molecule has 3 saturated heterocycles. The van der Waals surface area contributed by atoms with Crippen LogP contribution in [-0.2, 0) is 109 Å². The van der Waals surface area contributed by atoms with Gasteiger partial charge in [0.1, 0.15) is 98.6 Å². The SMILES string of the molecule is C.C.Fc1ccc(C2(C(F)(F)c3ccc(OCC(F)(F)c4ccccc4)cn3)CO2)c(F)c1.O=C(CBr)c1ccccc1.O=C(COc1ccc(C(F)(F)C2(c3ccc(F)cc3F)CO2)nc1)c1ccccc1.O=CO[O-].OC(Cn1cnnn1)(c1ccc(F)cc1F)C(F)(F)c1ccc(OCC(F)(F)c2ccccc2)cn1.Oc1ccc(C(F)(F)C2(c3ccc(F)cc3F)CO2)nc1.[2HH].[H-].[K+].[K+].[W]. The van der Waals surface area contributed by atoms with Gasteiger partial charge in [-0.05, 0) is 107 Å². The molecule has 0 spiro atoms. The molecule has 4 unspecified atom stereocenters. The molecule has 3 aliphatic rings. The second-order valence-corrected chi connectivity index (χ2v) is 29.0. The van der Waals surface area contributed by atoms with Crippen LogP contribution in [0.15, 0.2) is 274 Å². The van der Waals surface area contributed by atoms with Crippen molar-refractivity contribution in [2.75, 3.05) is 45.0 Å². The van der Waals surface area contributed by atoms with Crippen LogP contribution in [0.2, 0.25) is 0 Å². The second kappa shape index (κ2) is 49.9. The summed E-state index contributed by atoms with van der Waals surface area (Å²) in [6.45, 7) is -4.93. The smallest absolute Gasteiger partial charge is 1.00 e. The molecule has 5 aromatic heterocycles. The monoisotopic (exact) mass is 2220 g/mol. The minimum absolute atomic E-state index is 0. The minimum Gasteiger partial charge on any atom is -1.00 e. The zero-order chi connectivity index (χ0) is 95.7. The molecule has 21 nitrogen and oxygen atoms in total. The van der Waals surface area contributed by atoms with E-state index in [0.717, 1.165) is 120 Å². The molecule has 8 aromatic carbocycles. The van der Waals surface area contributed by atoms with Gasteiger partial charge in [-0.25, -0.2) is 39.8 Å². The van der Waals surface area contributed by atoms with Gasteiger partial charge in [-0.1, -0.05) is 152 Å². The number of pyridine rings is 4. The Morgan fingerprint density at radius 2 is 0.796 bits per heavy atom. The Bertz CT molecular complexity index is 6090. The number of carbonyl (C=O) groups is 3. The number of rotatable bonds is 29. The van der Waals surface area contributed by atoms with Gasteiger partial charge in [0, 0.05) is 91.3 Å². The van der Waals surface area contributed by atoms with Crippen molar-refractivity contribution in [1.29, 1.82) is 0 Å². The topological polar surface area (TPSA) is 284 Å². The molecule has 0 bridgehead atoms. The molecule has 8 heterocycles. The maximum atomic E-state index is 15.7. The molecule has 0 aliphatic carbocycles. The number of alkyl halides is 13. The van der Waals surface area contributed by atoms with Crippen LogP contribution in [0.5, 0.6) is 23.0 Å². The van der Waals surface area contributed by atoms with E-state index in [1.807, 2.05) is 30.3 Å². The largest absolute Gasteiger partial charge is 1.00 e. The van der Waals surface area contributed by atoms with Crippen molar-refractivity contribution >= 4 is 34.0 Å². The van der Waals surface area contributed by atoms with Crippen LogP contribution >= 0.6 is 15.9 Å². The Kier molecular flexibility index (Phi) is 42.3. The summed E-state index contributed by atoms with van der Waals surface area (Å²) in [6, 6.07) is 48.1. The van der Waals surface area contributed by atoms with Crippen molar-refractivity contribution in [2.24, 2.45) is 0 Å². The number of ketones is 2. The Morgan fingerprint density at radius 3 is 1.10 bits per heavy atom. The van der Waals surface area contributed by atoms with Gasteiger partial charge >= 0.3 is 138 Å². The van der Waals surface area contributed by atoms with Crippen molar-refractivity contribution in [1.82, 2.24) is 40.1 Å². The number of nitrogens with zero attached hydrogens (tertiary/aromatic N) is 8. The number of ether oxygens (including phenoxy) is 6. The number of halogens is 21. The summed E-state index contributed by atoms with van der Waals surface area (Å²) in [5, 5.41) is 39.0. The van der Waals surface area contributed by atoms with Crippen molar-refractivity contribution < 1.29 is 278 Å². The zero-order valence-corrected chi connectivity index (χ0v) is 80.3. The Labute approximate surface area is 877 Å². The van der Waals surface area contributed by atoms with Crippen LogP contribution in [0.1, 0.15) is 94.6 Å². The number of benzene rings is 8. The molecule has 16 rings (SSSR count). The Hall–Kier alpha value is -9.72. The Morgan fingerprint density at radius 1 is 0.467 bits per heavy atom. The van der Waals surface area contributed by atoms with Gasteiger partial charge in [-0.2, -0.15) is 52.7 Å². The van der Waals surface area contributed by atoms with Gasteiger partial charge in [0.2, 0.25) is 0 Å². The summed E-state index contributed by atoms with van der Waals surface area (Å²) in [7, 11) is 0. The standard InChI is InChI=1S/C23H17F6N5O2.C22H15F6NO2.C22H15F4NO3.C14H9F4NO2.C8H7BrO.CH2O3.2CH4.2K.W.H2.H/c24-16-6-8-18(19(25)10-16)21(35,12-34-14-31-32-33-34)23(28,29)20-9-7-17(11-30-20)36-13-22(26,27)15-4-2-1-3-5-15;23-15-6-8-17(18(24)10-15)20(12-31-20)22(27,28)19-9-7-16(11-29-19)30-13-21(25,26)14-4-2-1-3-5-14;23-15-6-8-17(18(24)10-15)21(13-30-21)22(25,26)20-9-7-16(11-27-20)29-12-19(28)14-4-2-1-3-5-14;15-8-1-3-10(11(16)5-8)13(7-21-13)14(17,18)12-4-2-9(20)6-19-12;9-6-8(10)7-4-2-1-3-5-7;2-1-4-3;;;;;;;/h1-11,14,35H,12-13H2;1-11H,12-13H2;1-11H,12-13H2;1-6,20H,7H2;1-5H,6H2;1,3H;2*1H4;;;;1H;/q;;;;;;;;2*+1;;;-1/p-1/i;;;;;;;;;;;1+1;. The first-order valence-electron chi connectivity index (χ1n) is 38.1. The van der Waals surface area contributed by atoms with Gasteiger partial charge in [0.15, 0.2) is 53.8 Å². The maximum absolute atomic E-state index is 15.7. The van der Waals surface area contributed by atoms with E-state index in [0.29, 0.717) is 47.3 Å². The van der Waals surface area contributed by atoms with Crippen LogP contribution in [0.3, 0.4) is 0 Å². The van der Waals surface area contributed by atoms with E-state index < -0.39 is 189 Å². The van der Waals surface area contributed by atoms with Crippen molar-refractivity contribution in [3.05, 3.63) is 388 Å². The average molecular weight is 2220 g/mol. The summed E-state index contributed by atoms with van der Waals surface area (Å²) in [5.41, 5.74) is -14.8. The fourth-order valence-electron chi connectivity index (χ4n) is 12.6. The first kappa shape index (κ1) is 116. The third-order valence-corrected chi connectivity index (χ3v) is 20.3. The summed E-state index contributed by atoms with van der Waals surface area (Å²) in [6.07, 6.45) is 4.48. The average Bonchev–Trinajstić information content (AvgIpc) is 1.56. The third-order valence-electron chi connectivity index (χ3n) is 19.8. The van der Waals surface area contributed by atoms with E-state index in [1.165, 1.54) is 54.6 Å². The number of hydrogen-bond acceptors (Lipinski definition) is 20. The number of hydrogen-bond donors (Lipinski definition) is 2. The van der Waals surface area contributed by atoms with Crippen LogP contribution in [-0.4, -0.2) is 113 Å². The fourth-order valence-corrected chi connectivity index (χ4v) is 13.0. The molecular formula is C92H75BrF20K2N8O13W. The van der Waals surface area contributed by atoms with Gasteiger partial charge < -0.3 is 50.2 Å². The summed E-state index contributed by atoms with van der Waals surface area (Å²) in [4.78, 5) is 48.6. The molecule has 3 aliphatic heterocycles. The van der Waals surface area contributed by atoms with E-state index in [-0.39, 0.29) is 200 Å². The zero-order valence-electron chi connectivity index (χ0n) is 70.5. The van der Waals surface area contributed by atoms with Gasteiger partial charge in [-0.15, -0.1) is 5.10 Å². The van der Waals surface area contributed by atoms with Gasteiger partial charge in [0.05, 0.1) is 56.5 Å². The molecule has 3 fully saturated rings. The number of aliphatic hydroxyl groups is 1. The molecule has 4 atom stereocenters. The number of carbonyl (C=O) groups excluding carboxylic acids is 3. The minimum atomic E-state index is -4.29. The molecule has 0 amide bonds. The van der Waals surface area contributed by atoms with E-state index >= 15 is 26.3 Å². The number of Topliss-reactive ketones (excluding diaryl/α,β-unsaturated/α-hetero) is 2. The quantitative estimate of drug-likeness (QED) is 0.00644. The van der Waals surface area contributed by atoms with Gasteiger partial charge in [-0.3, -0.25) is 34.3 Å². The fraction of sp³-hybridized carbons (Fsp3) is 0.217. The molecule has 45 heteroatoms. The first-order chi connectivity index (χ1) is 62.6. The summed E-state index contributed by atoms with van der Waals surface area (Å²) >= 11 is 3.10. The molecule has 716 valence electrons. The summed E-state index contributed by atoms with van der Waals surface area (Å²) < 4.78 is 318. The van der Waals surface area contributed by atoms with Crippen molar-refractivity contribution in [3.8, 4) is 23.0 Å². The second-order valence-electron chi connectivity index (χ2n) is 28.5. The van der Waals surface area contributed by atoms with E-state index in [9.17, 15) is 76.2 Å². The first-order valence-corrected chi connectivity index (χ1v) is 39.2. The molecule has 0 radical (unpaired) electrons. The number of tetrazole rings is 1. The Balaban J connectivity index is 0.000000367.